The first kappa shape index (κ1) is 14.6. The van der Waals surface area contributed by atoms with Gasteiger partial charge in [0.25, 0.3) is 0 Å². The second-order valence-corrected chi connectivity index (χ2v) is 5.70. The molecule has 0 bridgehead atoms. The maximum atomic E-state index is 12.1. The number of hydrogen-bond acceptors (Lipinski definition) is 3. The molecule has 1 saturated carbocycles. The lowest BCUT2D eigenvalue weighted by molar-refractivity contribution is 0.185. The van der Waals surface area contributed by atoms with E-state index in [1.165, 1.54) is 6.42 Å². The SMILES string of the molecule is COCc1ccccc1NC(=O)Nc1cc([C@@H]2C[C@@H]2C)[nH]n1. The Hall–Kier alpha value is -2.34. The van der Waals surface area contributed by atoms with Crippen molar-refractivity contribution < 1.29 is 9.53 Å². The third-order valence-corrected chi connectivity index (χ3v) is 3.91. The van der Waals surface area contributed by atoms with Crippen LogP contribution in [0.5, 0.6) is 0 Å². The molecule has 2 amide bonds. The zero-order valence-electron chi connectivity index (χ0n) is 12.7. The number of aromatic nitrogens is 2. The van der Waals surface area contributed by atoms with Crippen molar-refractivity contribution in [2.24, 2.45) is 5.92 Å². The Labute approximate surface area is 129 Å². The monoisotopic (exact) mass is 300 g/mol. The van der Waals surface area contributed by atoms with Gasteiger partial charge in [-0.2, -0.15) is 5.10 Å². The fourth-order valence-electron chi connectivity index (χ4n) is 2.54. The van der Waals surface area contributed by atoms with Crippen molar-refractivity contribution >= 4 is 17.5 Å². The first-order valence-corrected chi connectivity index (χ1v) is 7.37. The van der Waals surface area contributed by atoms with E-state index in [-0.39, 0.29) is 6.03 Å². The topological polar surface area (TPSA) is 79.0 Å². The van der Waals surface area contributed by atoms with Gasteiger partial charge in [-0.05, 0) is 18.4 Å². The standard InChI is InChI=1S/C16H20N4O2/c1-10-7-12(10)14-8-15(20-19-14)18-16(21)17-13-6-4-3-5-11(13)9-22-2/h3-6,8,10,12H,7,9H2,1-2H3,(H3,17,18,19,20,21)/t10-,12+/m0/s1. The fourth-order valence-corrected chi connectivity index (χ4v) is 2.54. The number of urea groups is 1. The number of hydrogen-bond donors (Lipinski definition) is 3. The van der Waals surface area contributed by atoms with Crippen LogP contribution >= 0.6 is 0 Å². The Kier molecular flexibility index (Phi) is 4.11. The summed E-state index contributed by atoms with van der Waals surface area (Å²) < 4.78 is 5.13. The summed E-state index contributed by atoms with van der Waals surface area (Å²) in [5, 5.41) is 12.7. The van der Waals surface area contributed by atoms with Gasteiger partial charge in [-0.3, -0.25) is 10.4 Å². The number of aromatic amines is 1. The molecule has 0 radical (unpaired) electrons. The number of nitrogens with one attached hydrogen (secondary N) is 3. The van der Waals surface area contributed by atoms with Gasteiger partial charge < -0.3 is 10.1 Å². The van der Waals surface area contributed by atoms with E-state index in [0.717, 1.165) is 16.9 Å². The molecule has 0 unspecified atom stereocenters. The number of carbonyl (C=O) groups excluding carboxylic acids is 1. The smallest absolute Gasteiger partial charge is 0.324 e. The van der Waals surface area contributed by atoms with E-state index in [2.05, 4.69) is 27.8 Å². The lowest BCUT2D eigenvalue weighted by Crippen LogP contribution is -2.20. The Morgan fingerprint density at radius 1 is 1.41 bits per heavy atom. The summed E-state index contributed by atoms with van der Waals surface area (Å²) >= 11 is 0. The Bertz CT molecular complexity index is 668. The predicted molar refractivity (Wildman–Crippen MR) is 84.9 cm³/mol. The molecule has 1 aliphatic carbocycles. The summed E-state index contributed by atoms with van der Waals surface area (Å²) in [6.45, 7) is 2.65. The highest BCUT2D eigenvalue weighted by Gasteiger charge is 2.35. The molecule has 116 valence electrons. The van der Waals surface area contributed by atoms with Crippen LogP contribution in [0.4, 0.5) is 16.3 Å². The second kappa shape index (κ2) is 6.19. The predicted octanol–water partition coefficient (Wildman–Crippen LogP) is 3.32. The molecule has 6 heteroatoms. The highest BCUT2D eigenvalue weighted by Crippen LogP contribution is 2.46. The number of amides is 2. The molecular weight excluding hydrogens is 280 g/mol. The first-order chi connectivity index (χ1) is 10.7. The Morgan fingerprint density at radius 3 is 2.91 bits per heavy atom. The minimum absolute atomic E-state index is 0.314. The van der Waals surface area contributed by atoms with Gasteiger partial charge in [0.05, 0.1) is 6.61 Å². The van der Waals surface area contributed by atoms with Gasteiger partial charge in [0, 0.05) is 36.0 Å². The van der Waals surface area contributed by atoms with Crippen LogP contribution in [0, 0.1) is 5.92 Å². The van der Waals surface area contributed by atoms with E-state index in [9.17, 15) is 4.79 Å². The van der Waals surface area contributed by atoms with Crippen molar-refractivity contribution in [3.8, 4) is 0 Å². The lowest BCUT2D eigenvalue weighted by atomic mass is 10.2. The molecule has 2 atom stereocenters. The molecular formula is C16H20N4O2. The van der Waals surface area contributed by atoms with Gasteiger partial charge >= 0.3 is 6.03 Å². The van der Waals surface area contributed by atoms with Gasteiger partial charge in [0.2, 0.25) is 0 Å². The van der Waals surface area contributed by atoms with Crippen molar-refractivity contribution in [3.63, 3.8) is 0 Å². The number of rotatable bonds is 5. The number of carbonyl (C=O) groups is 1. The normalized spacial score (nSPS) is 19.7. The number of nitrogens with zero attached hydrogens (tertiary/aromatic N) is 1. The van der Waals surface area contributed by atoms with Crippen LogP contribution in [0.3, 0.4) is 0 Å². The van der Waals surface area contributed by atoms with Crippen molar-refractivity contribution in [1.29, 1.82) is 0 Å². The summed E-state index contributed by atoms with van der Waals surface area (Å²) in [7, 11) is 1.63. The van der Waals surface area contributed by atoms with E-state index in [0.29, 0.717) is 24.3 Å². The Balaban J connectivity index is 1.61. The number of benzene rings is 1. The van der Waals surface area contributed by atoms with Crippen LogP contribution in [-0.4, -0.2) is 23.3 Å². The quantitative estimate of drug-likeness (QED) is 0.792. The van der Waals surface area contributed by atoms with E-state index in [1.54, 1.807) is 7.11 Å². The van der Waals surface area contributed by atoms with Gasteiger partial charge in [-0.25, -0.2) is 4.79 Å². The number of anilines is 2. The third kappa shape index (κ3) is 3.28. The van der Waals surface area contributed by atoms with Gasteiger partial charge in [-0.15, -0.1) is 0 Å². The summed E-state index contributed by atoms with van der Waals surface area (Å²) in [5.74, 6) is 1.78. The number of para-hydroxylation sites is 1. The minimum Gasteiger partial charge on any atom is -0.380 e. The van der Waals surface area contributed by atoms with Crippen LogP contribution in [0.1, 0.15) is 30.5 Å². The van der Waals surface area contributed by atoms with Gasteiger partial charge in [0.1, 0.15) is 0 Å². The summed E-state index contributed by atoms with van der Waals surface area (Å²) in [6, 6.07) is 9.13. The Morgan fingerprint density at radius 2 is 2.18 bits per heavy atom. The first-order valence-electron chi connectivity index (χ1n) is 7.37. The van der Waals surface area contributed by atoms with Crippen molar-refractivity contribution in [2.75, 3.05) is 17.7 Å². The van der Waals surface area contributed by atoms with E-state index < -0.39 is 0 Å². The molecule has 6 nitrogen and oxygen atoms in total. The maximum absolute atomic E-state index is 12.1. The van der Waals surface area contributed by atoms with Gasteiger partial charge in [0.15, 0.2) is 5.82 Å². The second-order valence-electron chi connectivity index (χ2n) is 5.70. The third-order valence-electron chi connectivity index (χ3n) is 3.91. The minimum atomic E-state index is -0.314. The highest BCUT2D eigenvalue weighted by molar-refractivity contribution is 5.99. The molecule has 1 aliphatic rings. The molecule has 1 heterocycles. The van der Waals surface area contributed by atoms with Crippen LogP contribution in [0.15, 0.2) is 30.3 Å². The summed E-state index contributed by atoms with van der Waals surface area (Å²) in [4.78, 5) is 12.1. The molecule has 0 saturated heterocycles. The van der Waals surface area contributed by atoms with Crippen LogP contribution in [0.25, 0.3) is 0 Å². The number of methoxy groups -OCH3 is 1. The molecule has 1 aromatic carbocycles. The number of ether oxygens (including phenoxy) is 1. The average molecular weight is 300 g/mol. The maximum Gasteiger partial charge on any atom is 0.324 e. The molecule has 3 rings (SSSR count). The molecule has 1 fully saturated rings. The van der Waals surface area contributed by atoms with Crippen LogP contribution < -0.4 is 10.6 Å². The highest BCUT2D eigenvalue weighted by atomic mass is 16.5. The zero-order valence-corrected chi connectivity index (χ0v) is 12.7. The van der Waals surface area contributed by atoms with Gasteiger partial charge in [-0.1, -0.05) is 25.1 Å². The van der Waals surface area contributed by atoms with Crippen LogP contribution in [-0.2, 0) is 11.3 Å². The van der Waals surface area contributed by atoms with Crippen molar-refractivity contribution in [3.05, 3.63) is 41.6 Å². The van der Waals surface area contributed by atoms with E-state index in [4.69, 9.17) is 4.74 Å². The fraction of sp³-hybridized carbons (Fsp3) is 0.375. The van der Waals surface area contributed by atoms with E-state index in [1.807, 2.05) is 30.3 Å². The molecule has 0 aliphatic heterocycles. The lowest BCUT2D eigenvalue weighted by Gasteiger charge is -2.10. The van der Waals surface area contributed by atoms with E-state index >= 15 is 0 Å². The number of H-pyrrole nitrogens is 1. The summed E-state index contributed by atoms with van der Waals surface area (Å²) in [5.41, 5.74) is 2.74. The molecule has 1 aromatic heterocycles. The molecule has 3 N–H and O–H groups in total. The molecule has 0 spiro atoms. The molecule has 22 heavy (non-hydrogen) atoms. The zero-order chi connectivity index (χ0) is 15.5. The summed E-state index contributed by atoms with van der Waals surface area (Å²) in [6.07, 6.45) is 1.18. The van der Waals surface area contributed by atoms with Crippen LogP contribution in [0.2, 0.25) is 0 Å². The van der Waals surface area contributed by atoms with Crippen molar-refractivity contribution in [1.82, 2.24) is 10.2 Å². The largest absolute Gasteiger partial charge is 0.380 e. The molecule has 2 aromatic rings. The van der Waals surface area contributed by atoms with Crippen molar-refractivity contribution in [2.45, 2.75) is 25.9 Å². The average Bonchev–Trinajstić information content (AvgIpc) is 3.05.